The maximum Gasteiger partial charge on any atom is 0.250 e. The van der Waals surface area contributed by atoms with Gasteiger partial charge >= 0.3 is 0 Å². The maximum absolute atomic E-state index is 12.8. The van der Waals surface area contributed by atoms with Crippen LogP contribution in [0, 0.1) is 5.92 Å². The van der Waals surface area contributed by atoms with Gasteiger partial charge in [-0.3, -0.25) is 9.59 Å². The van der Waals surface area contributed by atoms with Gasteiger partial charge in [-0.25, -0.2) is 0 Å². The predicted octanol–water partition coefficient (Wildman–Crippen LogP) is 6.82. The fourth-order valence-electron chi connectivity index (χ4n) is 5.67. The quantitative estimate of drug-likeness (QED) is 0.176. The van der Waals surface area contributed by atoms with Crippen molar-refractivity contribution in [3.05, 3.63) is 136 Å². The van der Waals surface area contributed by atoms with Crippen LogP contribution < -0.4 is 10.3 Å². The molecule has 0 radical (unpaired) electrons. The summed E-state index contributed by atoms with van der Waals surface area (Å²) in [5, 5.41) is 1.01. The normalized spacial score (nSPS) is 13.4. The Hall–Kier alpha value is -4.38. The van der Waals surface area contributed by atoms with Crippen molar-refractivity contribution in [1.82, 2.24) is 9.13 Å². The third kappa shape index (κ3) is 5.50. The molecule has 0 atom stereocenters. The largest absolute Gasteiger partial charge is 0.493 e. The molecule has 0 bridgehead atoms. The molecule has 1 aliphatic carbocycles. The molecule has 5 heteroatoms. The molecule has 202 valence electrons. The highest BCUT2D eigenvalue weighted by atomic mass is 16.5. The zero-order valence-corrected chi connectivity index (χ0v) is 22.6. The molecular formula is C35H34N2O3. The van der Waals surface area contributed by atoms with Crippen LogP contribution in [0.4, 0.5) is 0 Å². The maximum atomic E-state index is 12.8. The van der Waals surface area contributed by atoms with E-state index in [1.807, 2.05) is 59.4 Å². The number of carbonyl (C=O) groups excluding carboxylic acids is 1. The second kappa shape index (κ2) is 11.8. The number of pyridine rings is 1. The van der Waals surface area contributed by atoms with Gasteiger partial charge in [0.25, 0.3) is 5.56 Å². The van der Waals surface area contributed by atoms with Gasteiger partial charge in [-0.1, -0.05) is 79.2 Å². The van der Waals surface area contributed by atoms with Gasteiger partial charge in [-0.05, 0) is 54.2 Å². The lowest BCUT2D eigenvalue weighted by atomic mass is 9.82. The van der Waals surface area contributed by atoms with Crippen molar-refractivity contribution in [2.24, 2.45) is 5.92 Å². The van der Waals surface area contributed by atoms with Crippen molar-refractivity contribution in [3.63, 3.8) is 0 Å². The lowest BCUT2D eigenvalue weighted by Gasteiger charge is -2.24. The summed E-state index contributed by atoms with van der Waals surface area (Å²) in [5.41, 5.74) is 4.47. The number of hydrogen-bond acceptors (Lipinski definition) is 3. The molecule has 6 rings (SSSR count). The minimum Gasteiger partial charge on any atom is -0.493 e. The first-order valence-electron chi connectivity index (χ1n) is 14.2. The first-order valence-corrected chi connectivity index (χ1v) is 14.2. The van der Waals surface area contributed by atoms with E-state index in [1.165, 1.54) is 11.1 Å². The number of aryl methyl sites for hydroxylation is 1. The summed E-state index contributed by atoms with van der Waals surface area (Å²) in [7, 11) is 0. The summed E-state index contributed by atoms with van der Waals surface area (Å²) in [5.74, 6) is 1.41. The Balaban J connectivity index is 1.14. The average Bonchev–Trinajstić information content (AvgIpc) is 3.36. The standard InChI is InChI=1S/C35H34N2O3/c38-32(26-14-7-15-26)25-36-22-20-30-31(36)16-8-17-33(30)40-23-9-21-37-24-29(18-19-34(37)39)35(27-10-3-1-4-11-27)28-12-5-2-6-13-28/h1-6,8,10-13,16-20,22,24,26,35H,7,9,14-15,21,23,25H2. The highest BCUT2D eigenvalue weighted by molar-refractivity contribution is 5.89. The van der Waals surface area contributed by atoms with Crippen LogP contribution in [0.25, 0.3) is 10.9 Å². The van der Waals surface area contributed by atoms with Gasteiger partial charge in [-0.15, -0.1) is 0 Å². The number of nitrogens with zero attached hydrogens (tertiary/aromatic N) is 2. The van der Waals surface area contributed by atoms with Crippen LogP contribution in [0.3, 0.4) is 0 Å². The molecule has 0 aliphatic heterocycles. The summed E-state index contributed by atoms with van der Waals surface area (Å²) >= 11 is 0. The Morgan fingerprint density at radius 1 is 0.800 bits per heavy atom. The summed E-state index contributed by atoms with van der Waals surface area (Å²) in [6.45, 7) is 1.47. The fraction of sp³-hybridized carbons (Fsp3) is 0.257. The molecule has 1 aliphatic rings. The van der Waals surface area contributed by atoms with Crippen LogP contribution in [0.15, 0.2) is 114 Å². The number of ether oxygens (including phenoxy) is 1. The number of ketones is 1. The molecule has 0 spiro atoms. The summed E-state index contributed by atoms with van der Waals surface area (Å²) < 4.78 is 10.0. The Kier molecular flexibility index (Phi) is 7.62. The molecule has 0 unspecified atom stereocenters. The van der Waals surface area contributed by atoms with Gasteiger partial charge in [-0.2, -0.15) is 0 Å². The summed E-state index contributed by atoms with van der Waals surface area (Å²) in [6, 6.07) is 32.4. The van der Waals surface area contributed by atoms with Gasteiger partial charge in [0.1, 0.15) is 5.75 Å². The Labute approximate surface area is 234 Å². The van der Waals surface area contributed by atoms with E-state index in [9.17, 15) is 9.59 Å². The number of fused-ring (bicyclic) bond motifs is 1. The minimum absolute atomic E-state index is 0.0149. The number of rotatable bonds is 11. The molecule has 1 fully saturated rings. The molecule has 0 saturated heterocycles. The molecule has 2 aromatic heterocycles. The molecule has 5 aromatic rings. The number of benzene rings is 3. The Bertz CT molecular complexity index is 1610. The fourth-order valence-corrected chi connectivity index (χ4v) is 5.67. The van der Waals surface area contributed by atoms with E-state index >= 15 is 0 Å². The molecule has 2 heterocycles. The van der Waals surface area contributed by atoms with E-state index < -0.39 is 0 Å². The number of aromatic nitrogens is 2. The smallest absolute Gasteiger partial charge is 0.250 e. The van der Waals surface area contributed by atoms with Gasteiger partial charge in [0.05, 0.1) is 18.7 Å². The predicted molar refractivity (Wildman–Crippen MR) is 159 cm³/mol. The van der Waals surface area contributed by atoms with Crippen LogP contribution in [-0.4, -0.2) is 21.5 Å². The third-order valence-electron chi connectivity index (χ3n) is 8.07. The molecule has 0 N–H and O–H groups in total. The third-order valence-corrected chi connectivity index (χ3v) is 8.07. The van der Waals surface area contributed by atoms with Crippen molar-refractivity contribution in [2.45, 2.75) is 44.7 Å². The van der Waals surface area contributed by atoms with Crippen LogP contribution in [0.5, 0.6) is 5.75 Å². The molecular weight excluding hydrogens is 496 g/mol. The second-order valence-electron chi connectivity index (χ2n) is 10.7. The van der Waals surface area contributed by atoms with E-state index in [0.29, 0.717) is 31.9 Å². The first kappa shape index (κ1) is 25.9. The second-order valence-corrected chi connectivity index (χ2v) is 10.7. The molecule has 0 amide bonds. The van der Waals surface area contributed by atoms with E-state index in [1.54, 1.807) is 10.6 Å². The Morgan fingerprint density at radius 2 is 1.52 bits per heavy atom. The monoisotopic (exact) mass is 530 g/mol. The van der Waals surface area contributed by atoms with Gasteiger partial charge in [0.2, 0.25) is 0 Å². The minimum atomic E-state index is -0.0149. The molecule has 40 heavy (non-hydrogen) atoms. The van der Waals surface area contributed by atoms with Crippen molar-refractivity contribution in [3.8, 4) is 5.75 Å². The van der Waals surface area contributed by atoms with E-state index in [4.69, 9.17) is 4.74 Å². The van der Waals surface area contributed by atoms with E-state index in [-0.39, 0.29) is 17.4 Å². The summed E-state index contributed by atoms with van der Waals surface area (Å²) in [4.78, 5) is 25.3. The number of carbonyl (C=O) groups is 1. The SMILES string of the molecule is O=C(Cn1ccc2c(OCCCn3cc(C(c4ccccc4)c4ccccc4)ccc3=O)cccc21)C1CCC1. The van der Waals surface area contributed by atoms with E-state index in [0.717, 1.165) is 41.5 Å². The van der Waals surface area contributed by atoms with Crippen LogP contribution in [0.1, 0.15) is 48.3 Å². The Morgan fingerprint density at radius 3 is 2.20 bits per heavy atom. The van der Waals surface area contributed by atoms with Crippen LogP contribution in [-0.2, 0) is 17.9 Å². The van der Waals surface area contributed by atoms with Gasteiger partial charge in [0, 0.05) is 42.2 Å². The van der Waals surface area contributed by atoms with Crippen LogP contribution >= 0.6 is 0 Å². The van der Waals surface area contributed by atoms with Crippen molar-refractivity contribution in [1.29, 1.82) is 0 Å². The van der Waals surface area contributed by atoms with Crippen molar-refractivity contribution < 1.29 is 9.53 Å². The highest BCUT2D eigenvalue weighted by Crippen LogP contribution is 2.32. The molecule has 5 nitrogen and oxygen atoms in total. The highest BCUT2D eigenvalue weighted by Gasteiger charge is 2.25. The van der Waals surface area contributed by atoms with Crippen LogP contribution in [0.2, 0.25) is 0 Å². The zero-order chi connectivity index (χ0) is 27.3. The van der Waals surface area contributed by atoms with E-state index in [2.05, 4.69) is 48.5 Å². The average molecular weight is 531 g/mol. The number of hydrogen-bond donors (Lipinski definition) is 0. The first-order chi connectivity index (χ1) is 19.7. The van der Waals surface area contributed by atoms with Gasteiger partial charge in [0.15, 0.2) is 5.78 Å². The van der Waals surface area contributed by atoms with Gasteiger partial charge < -0.3 is 13.9 Å². The molecule has 1 saturated carbocycles. The zero-order valence-electron chi connectivity index (χ0n) is 22.6. The summed E-state index contributed by atoms with van der Waals surface area (Å²) in [6.07, 6.45) is 7.89. The van der Waals surface area contributed by atoms with Crippen molar-refractivity contribution >= 4 is 16.7 Å². The lowest BCUT2D eigenvalue weighted by Crippen LogP contribution is -2.25. The number of Topliss-reactive ketones (excluding diaryl/α,β-unsaturated/α-hetero) is 1. The van der Waals surface area contributed by atoms with Crippen molar-refractivity contribution in [2.75, 3.05) is 6.61 Å². The lowest BCUT2D eigenvalue weighted by molar-refractivity contribution is -0.125. The topological polar surface area (TPSA) is 53.2 Å². The molecule has 3 aromatic carbocycles.